The second-order valence-corrected chi connectivity index (χ2v) is 7.28. The number of ether oxygens (including phenoxy) is 2. The van der Waals surface area contributed by atoms with Gasteiger partial charge in [0.2, 0.25) is 6.79 Å². The second kappa shape index (κ2) is 7.36. The summed E-state index contributed by atoms with van der Waals surface area (Å²) in [4.78, 5) is 1.80. The van der Waals surface area contributed by atoms with Crippen molar-refractivity contribution < 1.29 is 14.4 Å². The van der Waals surface area contributed by atoms with E-state index in [1.54, 1.807) is 4.90 Å². The molecule has 2 aliphatic heterocycles. The van der Waals surface area contributed by atoms with E-state index in [2.05, 4.69) is 32.0 Å². The van der Waals surface area contributed by atoms with E-state index in [1.807, 2.05) is 0 Å². The highest BCUT2D eigenvalue weighted by Gasteiger charge is 2.21. The normalized spacial score (nSPS) is 19.0. The van der Waals surface area contributed by atoms with Gasteiger partial charge >= 0.3 is 0 Å². The molecule has 0 bridgehead atoms. The maximum atomic E-state index is 5.57. The third kappa shape index (κ3) is 3.95. The van der Waals surface area contributed by atoms with Crippen LogP contribution in [0, 0.1) is 5.92 Å². The lowest BCUT2D eigenvalue weighted by Gasteiger charge is -2.21. The van der Waals surface area contributed by atoms with Gasteiger partial charge in [-0.2, -0.15) is 0 Å². The van der Waals surface area contributed by atoms with Crippen LogP contribution in [0.3, 0.4) is 0 Å². The topological polar surface area (TPSA) is 22.9 Å². The summed E-state index contributed by atoms with van der Waals surface area (Å²) in [7, 11) is 0. The Balaban J connectivity index is 1.66. The van der Waals surface area contributed by atoms with Crippen LogP contribution in [-0.2, 0) is 0 Å². The van der Waals surface area contributed by atoms with Crippen molar-refractivity contribution in [1.29, 1.82) is 0 Å². The van der Waals surface area contributed by atoms with Gasteiger partial charge < -0.3 is 14.4 Å². The zero-order chi connectivity index (χ0) is 15.4. The molecule has 1 N–H and O–H groups in total. The third-order valence-corrected chi connectivity index (χ3v) is 5.12. The fraction of sp³-hybridized carbons (Fsp3) is 0.684. The van der Waals surface area contributed by atoms with E-state index in [4.69, 9.17) is 9.47 Å². The fourth-order valence-corrected chi connectivity index (χ4v) is 3.68. The summed E-state index contributed by atoms with van der Waals surface area (Å²) in [5.74, 6) is 3.26. The Morgan fingerprint density at radius 1 is 1.00 bits per heavy atom. The van der Waals surface area contributed by atoms with Crippen LogP contribution < -0.4 is 14.4 Å². The molecule has 0 amide bonds. The molecule has 3 heteroatoms. The van der Waals surface area contributed by atoms with Crippen LogP contribution in [0.25, 0.3) is 0 Å². The minimum atomic E-state index is 0.368. The van der Waals surface area contributed by atoms with E-state index >= 15 is 0 Å². The SMILES string of the molecule is CC(C)CC[C@H](CC[NH+]1CCCC1)c1ccc2c(c1)OCO2. The van der Waals surface area contributed by atoms with Gasteiger partial charge in [0, 0.05) is 19.3 Å². The summed E-state index contributed by atoms with van der Waals surface area (Å²) in [6.07, 6.45) is 6.70. The van der Waals surface area contributed by atoms with Crippen molar-refractivity contribution in [3.05, 3.63) is 23.8 Å². The van der Waals surface area contributed by atoms with Gasteiger partial charge in [0.05, 0.1) is 19.6 Å². The molecule has 22 heavy (non-hydrogen) atoms. The molecule has 1 atom stereocenters. The van der Waals surface area contributed by atoms with Crippen LogP contribution in [0.1, 0.15) is 57.4 Å². The lowest BCUT2D eigenvalue weighted by Crippen LogP contribution is -3.10. The summed E-state index contributed by atoms with van der Waals surface area (Å²) < 4.78 is 11.0. The van der Waals surface area contributed by atoms with Crippen molar-refractivity contribution in [1.82, 2.24) is 0 Å². The lowest BCUT2D eigenvalue weighted by atomic mass is 9.88. The van der Waals surface area contributed by atoms with Crippen molar-refractivity contribution in [2.45, 2.75) is 51.9 Å². The van der Waals surface area contributed by atoms with Gasteiger partial charge in [0.1, 0.15) is 0 Å². The van der Waals surface area contributed by atoms with Crippen molar-refractivity contribution >= 4 is 0 Å². The van der Waals surface area contributed by atoms with E-state index in [1.165, 1.54) is 57.3 Å². The van der Waals surface area contributed by atoms with E-state index in [0.29, 0.717) is 12.7 Å². The molecule has 0 aromatic heterocycles. The highest BCUT2D eigenvalue weighted by atomic mass is 16.7. The molecule has 0 spiro atoms. The van der Waals surface area contributed by atoms with Gasteiger partial charge in [0.15, 0.2) is 11.5 Å². The van der Waals surface area contributed by atoms with Crippen LogP contribution >= 0.6 is 0 Å². The summed E-state index contributed by atoms with van der Waals surface area (Å²) in [6.45, 7) is 9.07. The molecule has 2 heterocycles. The first-order chi connectivity index (χ1) is 10.7. The molecule has 0 radical (unpaired) electrons. The zero-order valence-electron chi connectivity index (χ0n) is 14.1. The Morgan fingerprint density at radius 2 is 1.77 bits per heavy atom. The molecule has 2 aliphatic rings. The molecule has 1 aromatic carbocycles. The molecule has 1 fully saturated rings. The molecular formula is C19H30NO2+. The molecular weight excluding hydrogens is 274 g/mol. The second-order valence-electron chi connectivity index (χ2n) is 7.28. The first kappa shape index (κ1) is 15.7. The van der Waals surface area contributed by atoms with E-state index < -0.39 is 0 Å². The molecule has 1 aromatic rings. The van der Waals surface area contributed by atoms with Gasteiger partial charge in [-0.15, -0.1) is 0 Å². The first-order valence-electron chi connectivity index (χ1n) is 8.95. The minimum Gasteiger partial charge on any atom is -0.454 e. The van der Waals surface area contributed by atoms with Gasteiger partial charge in [-0.05, 0) is 36.0 Å². The molecule has 3 rings (SSSR count). The van der Waals surface area contributed by atoms with Crippen LogP contribution in [0.4, 0.5) is 0 Å². The van der Waals surface area contributed by atoms with E-state index in [0.717, 1.165) is 17.4 Å². The fourth-order valence-electron chi connectivity index (χ4n) is 3.68. The van der Waals surface area contributed by atoms with Crippen molar-refractivity contribution in [2.75, 3.05) is 26.4 Å². The van der Waals surface area contributed by atoms with Crippen molar-refractivity contribution in [3.8, 4) is 11.5 Å². The standard InChI is InChI=1S/C19H29NO2/c1-15(2)5-6-16(9-12-20-10-3-4-11-20)17-7-8-18-19(13-17)22-14-21-18/h7-8,13,15-16H,3-6,9-12,14H2,1-2H3/p+1/t16-/m1/s1. The number of rotatable bonds is 7. The molecule has 0 unspecified atom stereocenters. The summed E-state index contributed by atoms with van der Waals surface area (Å²) >= 11 is 0. The molecule has 0 saturated carbocycles. The highest BCUT2D eigenvalue weighted by molar-refractivity contribution is 5.45. The van der Waals surface area contributed by atoms with Crippen LogP contribution in [0.2, 0.25) is 0 Å². The number of hydrogen-bond acceptors (Lipinski definition) is 2. The van der Waals surface area contributed by atoms with E-state index in [-0.39, 0.29) is 0 Å². The Bertz CT molecular complexity index is 480. The predicted octanol–water partition coefficient (Wildman–Crippen LogP) is 3.00. The van der Waals surface area contributed by atoms with Crippen LogP contribution in [-0.4, -0.2) is 26.4 Å². The summed E-state index contributed by atoms with van der Waals surface area (Å²) in [5.41, 5.74) is 1.43. The number of fused-ring (bicyclic) bond motifs is 1. The largest absolute Gasteiger partial charge is 0.454 e. The van der Waals surface area contributed by atoms with Gasteiger partial charge in [-0.25, -0.2) is 0 Å². The van der Waals surface area contributed by atoms with Crippen LogP contribution in [0.5, 0.6) is 11.5 Å². The first-order valence-corrected chi connectivity index (χ1v) is 8.95. The number of benzene rings is 1. The van der Waals surface area contributed by atoms with Crippen molar-refractivity contribution in [2.24, 2.45) is 5.92 Å². The number of nitrogens with one attached hydrogen (secondary N) is 1. The maximum absolute atomic E-state index is 5.57. The average molecular weight is 304 g/mol. The quantitative estimate of drug-likeness (QED) is 0.837. The van der Waals surface area contributed by atoms with Gasteiger partial charge in [-0.3, -0.25) is 0 Å². The van der Waals surface area contributed by atoms with Crippen molar-refractivity contribution in [3.63, 3.8) is 0 Å². The Kier molecular flexibility index (Phi) is 5.24. The van der Waals surface area contributed by atoms with Crippen LogP contribution in [0.15, 0.2) is 18.2 Å². The molecule has 0 aliphatic carbocycles. The lowest BCUT2D eigenvalue weighted by molar-refractivity contribution is -0.887. The summed E-state index contributed by atoms with van der Waals surface area (Å²) in [6, 6.07) is 6.55. The highest BCUT2D eigenvalue weighted by Crippen LogP contribution is 2.36. The zero-order valence-corrected chi connectivity index (χ0v) is 14.1. The Morgan fingerprint density at radius 3 is 2.55 bits per heavy atom. The maximum Gasteiger partial charge on any atom is 0.231 e. The number of likely N-dealkylation sites (tertiary alicyclic amines) is 1. The molecule has 3 nitrogen and oxygen atoms in total. The number of hydrogen-bond donors (Lipinski definition) is 1. The minimum absolute atomic E-state index is 0.368. The predicted molar refractivity (Wildman–Crippen MR) is 88.8 cm³/mol. The van der Waals surface area contributed by atoms with Gasteiger partial charge in [0.25, 0.3) is 0 Å². The van der Waals surface area contributed by atoms with Gasteiger partial charge in [-0.1, -0.05) is 26.3 Å². The monoisotopic (exact) mass is 304 g/mol. The van der Waals surface area contributed by atoms with E-state index in [9.17, 15) is 0 Å². The Labute approximate surface area is 134 Å². The number of quaternary nitrogens is 1. The molecule has 1 saturated heterocycles. The Hall–Kier alpha value is -1.22. The molecule has 122 valence electrons. The average Bonchev–Trinajstić information content (AvgIpc) is 3.17. The smallest absolute Gasteiger partial charge is 0.231 e. The third-order valence-electron chi connectivity index (χ3n) is 5.12. The summed E-state index contributed by atoms with van der Waals surface area (Å²) in [5, 5.41) is 0.